The fourth-order valence-electron chi connectivity index (χ4n) is 3.78. The molecule has 0 aliphatic carbocycles. The van der Waals surface area contributed by atoms with Crippen LogP contribution in [0.2, 0.25) is 0 Å². The highest BCUT2D eigenvalue weighted by molar-refractivity contribution is 5.94. The number of nitrogens with zero attached hydrogens (tertiary/aromatic N) is 1. The molecule has 144 valence electrons. The summed E-state index contributed by atoms with van der Waals surface area (Å²) in [6, 6.07) is 16.1. The number of methoxy groups -OCH3 is 1. The summed E-state index contributed by atoms with van der Waals surface area (Å²) in [5.74, 6) is 1.46. The SMILES string of the molecule is CCCN(Cc1ccccc1OC)C(=O)c1ccc([C@@H]2CCCNC2)cc1. The van der Waals surface area contributed by atoms with Crippen LogP contribution >= 0.6 is 0 Å². The number of carbonyl (C=O) groups is 1. The highest BCUT2D eigenvalue weighted by Crippen LogP contribution is 2.24. The minimum absolute atomic E-state index is 0.0797. The highest BCUT2D eigenvalue weighted by atomic mass is 16.5. The van der Waals surface area contributed by atoms with Crippen molar-refractivity contribution in [3.63, 3.8) is 0 Å². The lowest BCUT2D eigenvalue weighted by atomic mass is 9.91. The zero-order valence-corrected chi connectivity index (χ0v) is 16.4. The van der Waals surface area contributed by atoms with Crippen LogP contribution in [0.1, 0.15) is 53.6 Å². The Morgan fingerprint density at radius 2 is 1.96 bits per heavy atom. The molecule has 1 aliphatic rings. The summed E-state index contributed by atoms with van der Waals surface area (Å²) in [4.78, 5) is 15.0. The van der Waals surface area contributed by atoms with Gasteiger partial charge in [0.2, 0.25) is 0 Å². The summed E-state index contributed by atoms with van der Waals surface area (Å²) in [6.45, 7) is 5.53. The van der Waals surface area contributed by atoms with E-state index in [9.17, 15) is 4.79 Å². The summed E-state index contributed by atoms with van der Waals surface area (Å²) in [5, 5.41) is 3.46. The zero-order chi connectivity index (χ0) is 19.1. The number of nitrogens with one attached hydrogen (secondary N) is 1. The number of hydrogen-bond donors (Lipinski definition) is 1. The third kappa shape index (κ3) is 4.89. The Morgan fingerprint density at radius 1 is 1.19 bits per heavy atom. The maximum Gasteiger partial charge on any atom is 0.254 e. The standard InChI is InChI=1S/C23H30N2O2/c1-3-15-25(17-21-7-4-5-9-22(21)27-2)23(26)19-12-10-18(11-13-19)20-8-6-14-24-16-20/h4-5,7,9-13,20,24H,3,6,8,14-17H2,1-2H3/t20-/m1/s1. The molecule has 1 fully saturated rings. The molecule has 0 saturated carbocycles. The fourth-order valence-corrected chi connectivity index (χ4v) is 3.78. The van der Waals surface area contributed by atoms with Gasteiger partial charge < -0.3 is 15.0 Å². The Kier molecular flexibility index (Phi) is 6.88. The van der Waals surface area contributed by atoms with Crippen LogP contribution in [-0.4, -0.2) is 37.6 Å². The van der Waals surface area contributed by atoms with Crippen molar-refractivity contribution in [3.05, 3.63) is 65.2 Å². The number of hydrogen-bond acceptors (Lipinski definition) is 3. The second kappa shape index (κ2) is 9.56. The quantitative estimate of drug-likeness (QED) is 0.798. The Labute approximate surface area is 162 Å². The monoisotopic (exact) mass is 366 g/mol. The molecule has 1 amide bonds. The van der Waals surface area contributed by atoms with Crippen molar-refractivity contribution in [1.82, 2.24) is 10.2 Å². The molecule has 2 aromatic rings. The first kappa shape index (κ1) is 19.4. The average molecular weight is 367 g/mol. The van der Waals surface area contributed by atoms with Gasteiger partial charge in [0.15, 0.2) is 0 Å². The second-order valence-electron chi connectivity index (χ2n) is 7.20. The van der Waals surface area contributed by atoms with Gasteiger partial charge in [-0.15, -0.1) is 0 Å². The lowest BCUT2D eigenvalue weighted by Crippen LogP contribution is -2.31. The normalized spacial score (nSPS) is 16.7. The molecule has 27 heavy (non-hydrogen) atoms. The van der Waals surface area contributed by atoms with Crippen LogP contribution in [0.4, 0.5) is 0 Å². The first-order chi connectivity index (χ1) is 13.2. The maximum absolute atomic E-state index is 13.1. The molecule has 3 rings (SSSR count). The molecule has 4 nitrogen and oxygen atoms in total. The minimum Gasteiger partial charge on any atom is -0.496 e. The first-order valence-corrected chi connectivity index (χ1v) is 9.94. The van der Waals surface area contributed by atoms with E-state index in [0.717, 1.165) is 42.9 Å². The van der Waals surface area contributed by atoms with Gasteiger partial charge >= 0.3 is 0 Å². The Morgan fingerprint density at radius 3 is 2.63 bits per heavy atom. The lowest BCUT2D eigenvalue weighted by Gasteiger charge is -2.25. The number of ether oxygens (including phenoxy) is 1. The highest BCUT2D eigenvalue weighted by Gasteiger charge is 2.19. The van der Waals surface area contributed by atoms with Gasteiger partial charge in [-0.05, 0) is 55.5 Å². The van der Waals surface area contributed by atoms with Gasteiger partial charge in [0.1, 0.15) is 5.75 Å². The summed E-state index contributed by atoms with van der Waals surface area (Å²) in [5.41, 5.74) is 3.11. The van der Waals surface area contributed by atoms with Crippen LogP contribution < -0.4 is 10.1 Å². The Balaban J connectivity index is 1.74. The van der Waals surface area contributed by atoms with Gasteiger partial charge in [-0.2, -0.15) is 0 Å². The van der Waals surface area contributed by atoms with Crippen molar-refractivity contribution in [2.45, 2.75) is 38.6 Å². The van der Waals surface area contributed by atoms with Gasteiger partial charge in [-0.25, -0.2) is 0 Å². The summed E-state index contributed by atoms with van der Waals surface area (Å²) < 4.78 is 5.45. The molecule has 0 aromatic heterocycles. The number of rotatable bonds is 7. The van der Waals surface area contributed by atoms with Gasteiger partial charge in [0.05, 0.1) is 7.11 Å². The molecule has 1 aliphatic heterocycles. The van der Waals surface area contributed by atoms with Crippen molar-refractivity contribution in [2.24, 2.45) is 0 Å². The maximum atomic E-state index is 13.1. The minimum atomic E-state index is 0.0797. The van der Waals surface area contributed by atoms with E-state index in [2.05, 4.69) is 24.4 Å². The predicted octanol–water partition coefficient (Wildman–Crippen LogP) is 4.21. The van der Waals surface area contributed by atoms with Crippen LogP contribution in [0.25, 0.3) is 0 Å². The van der Waals surface area contributed by atoms with E-state index in [4.69, 9.17) is 4.74 Å². The van der Waals surface area contributed by atoms with Crippen molar-refractivity contribution < 1.29 is 9.53 Å². The number of amides is 1. The van der Waals surface area contributed by atoms with Crippen LogP contribution in [0.15, 0.2) is 48.5 Å². The molecular formula is C23H30N2O2. The molecule has 0 bridgehead atoms. The first-order valence-electron chi connectivity index (χ1n) is 9.94. The molecule has 0 unspecified atom stereocenters. The second-order valence-corrected chi connectivity index (χ2v) is 7.20. The molecule has 4 heteroatoms. The average Bonchev–Trinajstić information content (AvgIpc) is 2.74. The molecular weight excluding hydrogens is 336 g/mol. The number of carbonyl (C=O) groups excluding carboxylic acids is 1. The molecule has 1 atom stereocenters. The van der Waals surface area contributed by atoms with Gasteiger partial charge in [0.25, 0.3) is 5.91 Å². The van der Waals surface area contributed by atoms with Crippen molar-refractivity contribution in [1.29, 1.82) is 0 Å². The van der Waals surface area contributed by atoms with Crippen LogP contribution in [0, 0.1) is 0 Å². The molecule has 0 spiro atoms. The van der Waals surface area contributed by atoms with Crippen LogP contribution in [0.5, 0.6) is 5.75 Å². The van der Waals surface area contributed by atoms with Gasteiger partial charge in [-0.1, -0.05) is 37.3 Å². The zero-order valence-electron chi connectivity index (χ0n) is 16.4. The molecule has 2 aromatic carbocycles. The number of piperidine rings is 1. The third-order valence-electron chi connectivity index (χ3n) is 5.26. The van der Waals surface area contributed by atoms with E-state index in [1.807, 2.05) is 41.3 Å². The molecule has 0 radical (unpaired) electrons. The van der Waals surface area contributed by atoms with Gasteiger partial charge in [-0.3, -0.25) is 4.79 Å². The molecule has 1 heterocycles. The number of benzene rings is 2. The van der Waals surface area contributed by atoms with Crippen molar-refractivity contribution in [3.8, 4) is 5.75 Å². The largest absolute Gasteiger partial charge is 0.496 e. The topological polar surface area (TPSA) is 41.6 Å². The summed E-state index contributed by atoms with van der Waals surface area (Å²) in [7, 11) is 1.67. The van der Waals surface area contributed by atoms with Crippen molar-refractivity contribution in [2.75, 3.05) is 26.7 Å². The van der Waals surface area contributed by atoms with E-state index >= 15 is 0 Å². The Bertz CT molecular complexity index is 736. The van der Waals surface area contributed by atoms with Crippen LogP contribution in [0.3, 0.4) is 0 Å². The molecule has 1 saturated heterocycles. The Hall–Kier alpha value is -2.33. The summed E-state index contributed by atoms with van der Waals surface area (Å²) >= 11 is 0. The van der Waals surface area contributed by atoms with E-state index < -0.39 is 0 Å². The van der Waals surface area contributed by atoms with E-state index in [1.165, 1.54) is 18.4 Å². The third-order valence-corrected chi connectivity index (χ3v) is 5.26. The predicted molar refractivity (Wildman–Crippen MR) is 109 cm³/mol. The molecule has 1 N–H and O–H groups in total. The van der Waals surface area contributed by atoms with Crippen LogP contribution in [-0.2, 0) is 6.54 Å². The van der Waals surface area contributed by atoms with E-state index in [1.54, 1.807) is 7.11 Å². The smallest absolute Gasteiger partial charge is 0.254 e. The van der Waals surface area contributed by atoms with Gasteiger partial charge in [0, 0.05) is 30.8 Å². The van der Waals surface area contributed by atoms with Crippen molar-refractivity contribution >= 4 is 5.91 Å². The fraction of sp³-hybridized carbons (Fsp3) is 0.435. The summed E-state index contributed by atoms with van der Waals surface area (Å²) in [6.07, 6.45) is 3.36. The lowest BCUT2D eigenvalue weighted by molar-refractivity contribution is 0.0742. The number of para-hydroxylation sites is 1. The van der Waals surface area contributed by atoms with E-state index in [0.29, 0.717) is 12.5 Å². The van der Waals surface area contributed by atoms with E-state index in [-0.39, 0.29) is 5.91 Å².